The fraction of sp³-hybridized carbons (Fsp3) is 0.636. The molecule has 1 aromatic heterocycles. The lowest BCUT2D eigenvalue weighted by Gasteiger charge is -2.26. The maximum absolute atomic E-state index is 12.2. The molecular weight excluding hydrogens is 206 g/mol. The third kappa shape index (κ3) is 2.09. The topological polar surface area (TPSA) is 58.4 Å². The maximum Gasteiger partial charge on any atom is 0.276 e. The fourth-order valence-corrected chi connectivity index (χ4v) is 2.09. The molecule has 1 N–H and O–H groups in total. The third-order valence-corrected chi connectivity index (χ3v) is 2.92. The van der Waals surface area contributed by atoms with Crippen LogP contribution < -0.4 is 5.32 Å². The Morgan fingerprint density at radius 2 is 2.56 bits per heavy atom. The normalized spacial score (nSPS) is 20.0. The summed E-state index contributed by atoms with van der Waals surface area (Å²) in [4.78, 5) is 14.0. The monoisotopic (exact) mass is 223 g/mol. The van der Waals surface area contributed by atoms with Crippen LogP contribution in [0.1, 0.15) is 29.6 Å². The van der Waals surface area contributed by atoms with E-state index < -0.39 is 0 Å². The number of amides is 1. The van der Waals surface area contributed by atoms with Crippen LogP contribution in [0.4, 0.5) is 0 Å². The van der Waals surface area contributed by atoms with Gasteiger partial charge >= 0.3 is 0 Å². The minimum absolute atomic E-state index is 0.0342. The van der Waals surface area contributed by atoms with Gasteiger partial charge < -0.3 is 14.7 Å². The molecule has 88 valence electrons. The van der Waals surface area contributed by atoms with E-state index >= 15 is 0 Å². The SMILES string of the molecule is CCN(C(=O)c1cc(C)on1)C1CCNC1. The van der Waals surface area contributed by atoms with Crippen molar-refractivity contribution in [2.45, 2.75) is 26.3 Å². The van der Waals surface area contributed by atoms with E-state index in [1.54, 1.807) is 13.0 Å². The van der Waals surface area contributed by atoms with Gasteiger partial charge in [-0.3, -0.25) is 4.79 Å². The second-order valence-corrected chi connectivity index (χ2v) is 4.06. The number of carbonyl (C=O) groups is 1. The van der Waals surface area contributed by atoms with Crippen LogP contribution in [0, 0.1) is 6.92 Å². The zero-order valence-corrected chi connectivity index (χ0v) is 9.69. The van der Waals surface area contributed by atoms with Crippen molar-refractivity contribution in [2.75, 3.05) is 19.6 Å². The van der Waals surface area contributed by atoms with E-state index in [0.29, 0.717) is 18.0 Å². The van der Waals surface area contributed by atoms with E-state index in [1.165, 1.54) is 0 Å². The van der Waals surface area contributed by atoms with Crippen molar-refractivity contribution >= 4 is 5.91 Å². The summed E-state index contributed by atoms with van der Waals surface area (Å²) in [7, 11) is 0. The molecule has 1 saturated heterocycles. The van der Waals surface area contributed by atoms with Crippen molar-refractivity contribution < 1.29 is 9.32 Å². The average Bonchev–Trinajstić information content (AvgIpc) is 2.90. The summed E-state index contributed by atoms with van der Waals surface area (Å²) in [5.74, 6) is 0.636. The van der Waals surface area contributed by atoms with Crippen molar-refractivity contribution in [2.24, 2.45) is 0 Å². The molecule has 0 radical (unpaired) electrons. The summed E-state index contributed by atoms with van der Waals surface area (Å²) in [5.41, 5.74) is 0.409. The zero-order valence-electron chi connectivity index (χ0n) is 9.69. The van der Waals surface area contributed by atoms with Crippen molar-refractivity contribution in [3.8, 4) is 0 Å². The first-order chi connectivity index (χ1) is 7.72. The number of nitrogens with one attached hydrogen (secondary N) is 1. The van der Waals surface area contributed by atoms with Gasteiger partial charge in [0.05, 0.1) is 0 Å². The van der Waals surface area contributed by atoms with Crippen LogP contribution in [-0.2, 0) is 0 Å². The Labute approximate surface area is 94.8 Å². The van der Waals surface area contributed by atoms with Crippen LogP contribution in [0.25, 0.3) is 0 Å². The Hall–Kier alpha value is -1.36. The number of likely N-dealkylation sites (N-methyl/N-ethyl adjacent to an activating group) is 1. The highest BCUT2D eigenvalue weighted by Gasteiger charge is 2.27. The predicted molar refractivity (Wildman–Crippen MR) is 59.2 cm³/mol. The van der Waals surface area contributed by atoms with Crippen molar-refractivity contribution in [3.05, 3.63) is 17.5 Å². The molecule has 2 rings (SSSR count). The summed E-state index contributed by atoms with van der Waals surface area (Å²) < 4.78 is 4.93. The Kier molecular flexibility index (Phi) is 3.24. The van der Waals surface area contributed by atoms with Gasteiger partial charge in [-0.2, -0.15) is 0 Å². The molecule has 1 atom stereocenters. The van der Waals surface area contributed by atoms with Crippen LogP contribution in [0.5, 0.6) is 0 Å². The summed E-state index contributed by atoms with van der Waals surface area (Å²) in [5, 5.41) is 7.03. The van der Waals surface area contributed by atoms with Crippen molar-refractivity contribution in [1.82, 2.24) is 15.4 Å². The molecule has 1 fully saturated rings. The standard InChI is InChI=1S/C11H17N3O2/c1-3-14(9-4-5-12-7-9)11(15)10-6-8(2)16-13-10/h6,9,12H,3-5,7H2,1-2H3. The van der Waals surface area contributed by atoms with Gasteiger partial charge in [-0.25, -0.2) is 0 Å². The van der Waals surface area contributed by atoms with Crippen molar-refractivity contribution in [3.63, 3.8) is 0 Å². The van der Waals surface area contributed by atoms with Gasteiger partial charge in [0.25, 0.3) is 5.91 Å². The zero-order chi connectivity index (χ0) is 11.5. The van der Waals surface area contributed by atoms with Crippen LogP contribution in [0.3, 0.4) is 0 Å². The second-order valence-electron chi connectivity index (χ2n) is 4.06. The lowest BCUT2D eigenvalue weighted by Crippen LogP contribution is -2.41. The van der Waals surface area contributed by atoms with E-state index in [-0.39, 0.29) is 11.9 Å². The molecule has 1 aliphatic rings. The highest BCUT2D eigenvalue weighted by molar-refractivity contribution is 5.92. The second kappa shape index (κ2) is 4.65. The van der Waals surface area contributed by atoms with E-state index in [0.717, 1.165) is 19.5 Å². The molecule has 1 aliphatic heterocycles. The number of rotatable bonds is 3. The van der Waals surface area contributed by atoms with E-state index in [1.807, 2.05) is 11.8 Å². The lowest BCUT2D eigenvalue weighted by molar-refractivity contribution is 0.0693. The van der Waals surface area contributed by atoms with Gasteiger partial charge in [0.2, 0.25) is 0 Å². The number of aryl methyl sites for hydroxylation is 1. The summed E-state index contributed by atoms with van der Waals surface area (Å²) in [6.07, 6.45) is 1.01. The van der Waals surface area contributed by atoms with E-state index in [4.69, 9.17) is 4.52 Å². The molecule has 5 heteroatoms. The van der Waals surface area contributed by atoms with E-state index in [2.05, 4.69) is 10.5 Å². The van der Waals surface area contributed by atoms with Crippen LogP contribution in [0.15, 0.2) is 10.6 Å². The number of carbonyl (C=O) groups excluding carboxylic acids is 1. The first kappa shape index (κ1) is 11.1. The Balaban J connectivity index is 2.11. The Morgan fingerprint density at radius 3 is 3.06 bits per heavy atom. The molecule has 0 saturated carbocycles. The van der Waals surface area contributed by atoms with Gasteiger partial charge in [0.1, 0.15) is 5.76 Å². The highest BCUT2D eigenvalue weighted by Crippen LogP contribution is 2.13. The molecule has 16 heavy (non-hydrogen) atoms. The molecule has 1 aromatic rings. The van der Waals surface area contributed by atoms with Crippen LogP contribution in [-0.4, -0.2) is 41.6 Å². The molecule has 0 aromatic carbocycles. The summed E-state index contributed by atoms with van der Waals surface area (Å²) >= 11 is 0. The summed E-state index contributed by atoms with van der Waals surface area (Å²) in [6, 6.07) is 1.97. The smallest absolute Gasteiger partial charge is 0.276 e. The highest BCUT2D eigenvalue weighted by atomic mass is 16.5. The van der Waals surface area contributed by atoms with Gasteiger partial charge in [-0.1, -0.05) is 5.16 Å². The number of aromatic nitrogens is 1. The van der Waals surface area contributed by atoms with Gasteiger partial charge in [-0.15, -0.1) is 0 Å². The molecule has 0 spiro atoms. The maximum atomic E-state index is 12.2. The van der Waals surface area contributed by atoms with Crippen LogP contribution in [0.2, 0.25) is 0 Å². The first-order valence-electron chi connectivity index (χ1n) is 5.67. The first-order valence-corrected chi connectivity index (χ1v) is 5.67. The number of hydrogen-bond acceptors (Lipinski definition) is 4. The quantitative estimate of drug-likeness (QED) is 0.823. The minimum Gasteiger partial charge on any atom is -0.361 e. The van der Waals surface area contributed by atoms with Gasteiger partial charge in [0.15, 0.2) is 5.69 Å². The van der Waals surface area contributed by atoms with Crippen molar-refractivity contribution in [1.29, 1.82) is 0 Å². The van der Waals surface area contributed by atoms with Gasteiger partial charge in [0, 0.05) is 25.2 Å². The molecule has 0 bridgehead atoms. The van der Waals surface area contributed by atoms with Gasteiger partial charge in [-0.05, 0) is 26.8 Å². The summed E-state index contributed by atoms with van der Waals surface area (Å²) in [6.45, 7) is 6.33. The molecular formula is C11H17N3O2. The molecule has 1 amide bonds. The molecule has 0 aliphatic carbocycles. The Bertz CT molecular complexity index is 369. The minimum atomic E-state index is -0.0342. The predicted octanol–water partition coefficient (Wildman–Crippen LogP) is 0.807. The van der Waals surface area contributed by atoms with Crippen LogP contribution >= 0.6 is 0 Å². The largest absolute Gasteiger partial charge is 0.361 e. The average molecular weight is 223 g/mol. The fourth-order valence-electron chi connectivity index (χ4n) is 2.09. The molecule has 2 heterocycles. The van der Waals surface area contributed by atoms with E-state index in [9.17, 15) is 4.79 Å². The Morgan fingerprint density at radius 1 is 1.75 bits per heavy atom. The molecule has 5 nitrogen and oxygen atoms in total. The molecule has 1 unspecified atom stereocenters. The third-order valence-electron chi connectivity index (χ3n) is 2.92. The number of hydrogen-bond donors (Lipinski definition) is 1. The lowest BCUT2D eigenvalue weighted by atomic mass is 10.2. The number of nitrogens with zero attached hydrogens (tertiary/aromatic N) is 2.